The second-order valence-electron chi connectivity index (χ2n) is 28.9. The van der Waals surface area contributed by atoms with Crippen molar-refractivity contribution in [3.05, 3.63) is 111 Å². The van der Waals surface area contributed by atoms with Crippen LogP contribution in [-0.2, 0) is 86.4 Å². The minimum Gasteiger partial charge on any atom is -0.744 e. The van der Waals surface area contributed by atoms with Crippen LogP contribution in [0.3, 0.4) is 0 Å². The summed E-state index contributed by atoms with van der Waals surface area (Å²) in [4.78, 5) is -3.09. The van der Waals surface area contributed by atoms with E-state index in [9.17, 15) is 108 Å². The molecule has 0 aliphatic heterocycles. The van der Waals surface area contributed by atoms with Crippen LogP contribution < -0.4 is 56.8 Å². The van der Waals surface area contributed by atoms with E-state index in [4.69, 9.17) is 56.8 Å². The van der Waals surface area contributed by atoms with Crippen LogP contribution in [0.1, 0.15) is 264 Å². The molecule has 6 rings (SSSR count). The third-order valence-corrected chi connectivity index (χ3v) is 26.9. The molecule has 0 bridgehead atoms. The maximum atomic E-state index is 11.8. The summed E-state index contributed by atoms with van der Waals surface area (Å²) in [5.74, 6) is -4.65. The maximum Gasteiger partial charge on any atom is 0.202 e. The quantitative estimate of drug-likeness (QED) is 0.0157. The van der Waals surface area contributed by atoms with E-state index in [2.05, 4.69) is 0 Å². The zero-order chi connectivity index (χ0) is 98.2. The van der Waals surface area contributed by atoms with Gasteiger partial charge in [0.2, 0.25) is 17.2 Å². The highest BCUT2D eigenvalue weighted by molar-refractivity contribution is 7.87. The number of aromatic hydroxyl groups is 6. The molecule has 0 aliphatic carbocycles. The molecule has 0 radical (unpaired) electrons. The van der Waals surface area contributed by atoms with E-state index in [0.29, 0.717) is 121 Å². The normalized spacial score (nSPS) is 12.5. The molecule has 6 aromatic rings. The van der Waals surface area contributed by atoms with Gasteiger partial charge in [0, 0.05) is 89.1 Å². The van der Waals surface area contributed by atoms with Crippen LogP contribution in [-0.4, -0.2) is 194 Å². The molecular formula is C90H144O36S6. The number of phenols is 6. The van der Waals surface area contributed by atoms with E-state index in [-0.39, 0.29) is 177 Å². The Hall–Kier alpha value is -9.60. The monoisotopic (exact) mass is 1990 g/mol. The Morgan fingerprint density at radius 1 is 0.227 bits per heavy atom. The Bertz CT molecular complexity index is 5350. The number of ether oxygens (including phenoxy) is 12. The van der Waals surface area contributed by atoms with E-state index in [1.54, 1.807) is 55.4 Å². The number of phenolic OH excluding ortho intramolecular Hbond substituents is 6. The van der Waals surface area contributed by atoms with Crippen LogP contribution in [0.4, 0.5) is 0 Å². The summed E-state index contributed by atoms with van der Waals surface area (Å²) in [6, 6.07) is 0. The minimum absolute atomic E-state index is 0. The first-order valence-corrected chi connectivity index (χ1v) is 48.5. The van der Waals surface area contributed by atoms with Crippen molar-refractivity contribution in [2.24, 2.45) is 0 Å². The molecule has 0 saturated carbocycles. The molecule has 6 unspecified atom stereocenters. The predicted molar refractivity (Wildman–Crippen MR) is 502 cm³/mol. The average Bonchev–Trinajstić information content (AvgIpc) is 0.754. The van der Waals surface area contributed by atoms with E-state index >= 15 is 0 Å². The summed E-state index contributed by atoms with van der Waals surface area (Å²) in [5.41, 5.74) is 4.58. The number of rotatable bonds is 36. The first-order chi connectivity index (χ1) is 58.4. The molecule has 0 spiro atoms. The lowest BCUT2D eigenvalue weighted by Crippen LogP contribution is -2.13. The molecule has 36 nitrogen and oxygen atoms in total. The van der Waals surface area contributed by atoms with E-state index in [1.165, 1.54) is 85.3 Å². The average molecular weight is 1990 g/mol. The van der Waals surface area contributed by atoms with Crippen LogP contribution in [0.2, 0.25) is 0 Å². The van der Waals surface area contributed by atoms with Crippen LogP contribution in [0, 0.1) is 58.4 Å². The SMILES string of the molecule is CCC(C)c1c(C)c(OC)c(O)c(OC)c1S(=O)(=O)[O-].CCC(C)c1c(OC)c(C)c(O)c(OC)c1S(=O)(=O)[O-].CCCc1c(O)c(OC)c(S(=O)(=O)[O-])c(C(C)CC)c1OC.CCCc1c(OC)c(O)c(OC)c(S(=O)(=O)[O-])c1C(C)CC.CCc1c(O)c(OC)c(S(=O)(=O)[O-])c(C(C)CC)c1OC.CCc1c(OC)c(O)c(OC)c(S(=O)(=O)[O-])c1C(C)CC.[CH3+].[CH3+].[CH3+].[CH3+].[CH3+].[CH3+]. The van der Waals surface area contributed by atoms with Gasteiger partial charge in [0.1, 0.15) is 107 Å². The summed E-state index contributed by atoms with van der Waals surface area (Å²) in [6.07, 6.45) is 6.94. The Morgan fingerprint density at radius 2 is 0.417 bits per heavy atom. The summed E-state index contributed by atoms with van der Waals surface area (Å²) in [5, 5.41) is 61.1. The Kier molecular flexibility index (Phi) is 57.0. The summed E-state index contributed by atoms with van der Waals surface area (Å²) in [7, 11) is -13.4. The highest BCUT2D eigenvalue weighted by atomic mass is 32.2. The molecular weight excluding hydrogens is 1850 g/mol. The lowest BCUT2D eigenvalue weighted by atomic mass is 9.90. The Labute approximate surface area is 787 Å². The third-order valence-electron chi connectivity index (χ3n) is 21.4. The molecule has 6 N–H and O–H groups in total. The zero-order valence-electron chi connectivity index (χ0n) is 83.3. The molecule has 0 saturated heterocycles. The fourth-order valence-electron chi connectivity index (χ4n) is 14.5. The van der Waals surface area contributed by atoms with Gasteiger partial charge in [-0.25, -0.2) is 50.5 Å². The second kappa shape index (κ2) is 56.6. The molecule has 0 fully saturated rings. The second-order valence-corrected chi connectivity index (χ2v) is 36.8. The molecule has 132 heavy (non-hydrogen) atoms. The van der Waals surface area contributed by atoms with E-state index in [1.807, 2.05) is 69.2 Å². The van der Waals surface area contributed by atoms with Crippen molar-refractivity contribution in [2.75, 3.05) is 85.3 Å². The highest BCUT2D eigenvalue weighted by Gasteiger charge is 2.37. The number of benzene rings is 6. The molecule has 756 valence electrons. The standard InChI is InChI=1S/2C15H24O6S.2C14H22O6S.2C13H20O6S.6CH3/c1-6-8-10-12(16)14(21-5)15(22(17,18)19)11(9(3)7-2)13(10)20-4;1-6-8-10-11(9(3)7-2)15(22(17,18)19)14(21-5)12(16)13(10)20-4;1-6-8(3)10-12(19-4)9(7-2)11(15)13(20-5)14(10)21(16,17)18;1-6-8(3)10-9(7-2)12(19-4)11(15)13(20-5)14(10)21(16,17)18;1-6-7(2)9-11(18-4)8(3)10(14)12(19-5)13(9)20(15,16)17;1-6-7(2)9-8(3)11(18-4)10(14)12(19-5)13(9)20(15,16)17;;;;;;/h2*9,16H,6-8H2,1-5H3,(H,17,18,19);2*8,15H,6-7H2,1-5H3,(H,16,17,18);2*7,14H,6H2,1-5H3,(H,15,16,17);6*1H3/q;;;;;;6*+1/p-6. The van der Waals surface area contributed by atoms with Crippen molar-refractivity contribution in [3.63, 3.8) is 0 Å². The van der Waals surface area contributed by atoms with Crippen molar-refractivity contribution >= 4 is 60.7 Å². The molecule has 0 heterocycles. The van der Waals surface area contributed by atoms with Crippen LogP contribution in [0.25, 0.3) is 0 Å². The summed E-state index contributed by atoms with van der Waals surface area (Å²) >= 11 is 0. The van der Waals surface area contributed by atoms with Gasteiger partial charge in [-0.1, -0.05) is 124 Å². The first kappa shape index (κ1) is 133. The van der Waals surface area contributed by atoms with Crippen molar-refractivity contribution in [1.29, 1.82) is 0 Å². The van der Waals surface area contributed by atoms with Gasteiger partial charge in [-0.05, 0) is 136 Å². The minimum atomic E-state index is -4.83. The largest absolute Gasteiger partial charge is 0.744 e. The fourth-order valence-corrected chi connectivity index (χ4v) is 20.4. The van der Waals surface area contributed by atoms with E-state index < -0.39 is 113 Å². The smallest absolute Gasteiger partial charge is 0.202 e. The fraction of sp³-hybridized carbons (Fsp3) is 0.533. The van der Waals surface area contributed by atoms with Crippen molar-refractivity contribution < 1.29 is 165 Å². The van der Waals surface area contributed by atoms with Crippen LogP contribution in [0.15, 0.2) is 29.4 Å². The zero-order valence-corrected chi connectivity index (χ0v) is 88.2. The number of hydrogen-bond acceptors (Lipinski definition) is 36. The molecule has 42 heteroatoms. The summed E-state index contributed by atoms with van der Waals surface area (Å²) in [6.45, 7) is 32.7. The topological polar surface area (TPSA) is 575 Å². The van der Waals surface area contributed by atoms with Gasteiger partial charge >= 0.3 is 0 Å². The van der Waals surface area contributed by atoms with Gasteiger partial charge in [-0.3, -0.25) is 0 Å². The van der Waals surface area contributed by atoms with Gasteiger partial charge in [0.05, 0.1) is 85.3 Å². The van der Waals surface area contributed by atoms with Gasteiger partial charge in [0.15, 0.2) is 69.0 Å². The van der Waals surface area contributed by atoms with Crippen LogP contribution in [0.5, 0.6) is 103 Å². The molecule has 6 atom stereocenters. The molecule has 0 aliphatic rings. The molecule has 6 aromatic carbocycles. The van der Waals surface area contributed by atoms with Crippen molar-refractivity contribution in [1.82, 2.24) is 0 Å². The van der Waals surface area contributed by atoms with E-state index in [0.717, 1.165) is 6.42 Å². The van der Waals surface area contributed by atoms with Crippen LogP contribution >= 0.6 is 0 Å². The highest BCUT2D eigenvalue weighted by Crippen LogP contribution is 2.56. The number of hydrogen-bond donors (Lipinski definition) is 6. The predicted octanol–water partition coefficient (Wildman–Crippen LogP) is 17.3. The number of methoxy groups -OCH3 is 12. The Morgan fingerprint density at radius 3 is 0.667 bits per heavy atom. The van der Waals surface area contributed by atoms with Crippen molar-refractivity contribution in [3.8, 4) is 103 Å². The molecule has 0 aromatic heterocycles. The van der Waals surface area contributed by atoms with Gasteiger partial charge < -0.3 is 115 Å². The van der Waals surface area contributed by atoms with Crippen molar-refractivity contribution in [2.45, 2.75) is 267 Å². The van der Waals surface area contributed by atoms with Gasteiger partial charge in [-0.2, -0.15) is 0 Å². The van der Waals surface area contributed by atoms with Gasteiger partial charge in [-0.15, -0.1) is 0 Å². The lowest BCUT2D eigenvalue weighted by molar-refractivity contribution is 0.326. The van der Waals surface area contributed by atoms with Gasteiger partial charge in [0.25, 0.3) is 0 Å². The lowest BCUT2D eigenvalue weighted by Gasteiger charge is -2.26. The Balaban J connectivity index is -0.000000358. The molecule has 0 amide bonds. The summed E-state index contributed by atoms with van der Waals surface area (Å²) < 4.78 is 271. The first-order valence-electron chi connectivity index (χ1n) is 40.0. The third kappa shape index (κ3) is 29.7. The maximum absolute atomic E-state index is 11.8.